The zero-order chi connectivity index (χ0) is 30.9. The van der Waals surface area contributed by atoms with Crippen molar-refractivity contribution >= 4 is 0 Å². The smallest absolute Gasteiger partial charge is 0.186 e. The summed E-state index contributed by atoms with van der Waals surface area (Å²) >= 11 is 0. The molecule has 16 atom stereocenters. The topological polar surface area (TPSA) is 138 Å². The van der Waals surface area contributed by atoms with Gasteiger partial charge in [0, 0.05) is 19.4 Å². The third kappa shape index (κ3) is 5.17. The summed E-state index contributed by atoms with van der Waals surface area (Å²) in [6.07, 6.45) is 5.31. The van der Waals surface area contributed by atoms with Crippen LogP contribution >= 0.6 is 0 Å². The molecule has 9 heteroatoms. The number of hydrogen-bond acceptors (Lipinski definition) is 9. The number of allylic oxidation sites excluding steroid dienone is 1. The van der Waals surface area contributed by atoms with Crippen molar-refractivity contribution in [3.05, 3.63) is 11.6 Å². The Morgan fingerprint density at radius 2 is 1.81 bits per heavy atom. The van der Waals surface area contributed by atoms with Gasteiger partial charge in [-0.1, -0.05) is 39.3 Å². The van der Waals surface area contributed by atoms with Gasteiger partial charge in [-0.2, -0.15) is 0 Å². The van der Waals surface area contributed by atoms with E-state index in [4.69, 9.17) is 18.9 Å². The Kier molecular flexibility index (Phi) is 8.93. The molecule has 2 heterocycles. The summed E-state index contributed by atoms with van der Waals surface area (Å²) in [5.74, 6) is 2.18. The van der Waals surface area contributed by atoms with Crippen LogP contribution in [0.25, 0.3) is 0 Å². The molecule has 5 N–H and O–H groups in total. The average Bonchev–Trinajstić information content (AvgIpc) is 3.44. The highest BCUT2D eigenvalue weighted by Gasteiger charge is 2.68. The number of ether oxygens (including phenoxy) is 4. The second-order valence-corrected chi connectivity index (χ2v) is 15.6. The third-order valence-electron chi connectivity index (χ3n) is 13.5. The monoisotopic (exact) mass is 608 g/mol. The maximum atomic E-state index is 10.4. The highest BCUT2D eigenvalue weighted by atomic mass is 16.7. The van der Waals surface area contributed by atoms with E-state index in [0.717, 1.165) is 44.9 Å². The van der Waals surface area contributed by atoms with Gasteiger partial charge in [0.1, 0.15) is 24.4 Å². The maximum absolute atomic E-state index is 10.4. The van der Waals surface area contributed by atoms with Crippen molar-refractivity contribution in [2.45, 2.75) is 134 Å². The van der Waals surface area contributed by atoms with E-state index in [1.165, 1.54) is 18.4 Å². The normalized spacial score (nSPS) is 53.4. The van der Waals surface area contributed by atoms with Crippen LogP contribution in [0.2, 0.25) is 0 Å². The van der Waals surface area contributed by atoms with Crippen molar-refractivity contribution in [2.75, 3.05) is 20.3 Å². The summed E-state index contributed by atoms with van der Waals surface area (Å²) in [6, 6.07) is 0. The van der Waals surface area contributed by atoms with Crippen LogP contribution in [-0.2, 0) is 18.9 Å². The lowest BCUT2D eigenvalue weighted by Crippen LogP contribution is -2.59. The minimum absolute atomic E-state index is 0.104. The van der Waals surface area contributed by atoms with E-state index in [1.807, 2.05) is 0 Å². The molecule has 4 aliphatic carbocycles. The van der Waals surface area contributed by atoms with Crippen molar-refractivity contribution in [1.29, 1.82) is 0 Å². The zero-order valence-electron chi connectivity index (χ0n) is 26.7. The SMILES string of the molecule is CO[C@]1(CC[C@H](C)CO[C@H]2O[C@@H](CO)[C@H](O)[C@@H](O)[C@@H]2O)O[C@H]2C[C@H]3[C@@H]4CC=C5C[C@H](O)CC[C@@]5(C)[C@H]4CC[C@@]3(C)[C@H]2[C@@H]1C. The number of aliphatic hydroxyl groups is 5. The second-order valence-electron chi connectivity index (χ2n) is 15.6. The molecule has 2 saturated heterocycles. The van der Waals surface area contributed by atoms with Crippen molar-refractivity contribution in [3.8, 4) is 0 Å². The number of fused-ring (bicyclic) bond motifs is 7. The molecule has 6 aliphatic rings. The largest absolute Gasteiger partial charge is 0.394 e. The molecule has 3 saturated carbocycles. The first-order valence-corrected chi connectivity index (χ1v) is 16.9. The van der Waals surface area contributed by atoms with Gasteiger partial charge < -0.3 is 44.5 Å². The van der Waals surface area contributed by atoms with Gasteiger partial charge in [0.2, 0.25) is 0 Å². The molecule has 0 bridgehead atoms. The summed E-state index contributed by atoms with van der Waals surface area (Å²) < 4.78 is 24.5. The lowest BCUT2D eigenvalue weighted by atomic mass is 9.47. The molecule has 0 aromatic rings. The predicted octanol–water partition coefficient (Wildman–Crippen LogP) is 3.15. The molecule has 43 heavy (non-hydrogen) atoms. The molecular weight excluding hydrogens is 552 g/mol. The Morgan fingerprint density at radius 1 is 1.05 bits per heavy atom. The molecule has 9 nitrogen and oxygen atoms in total. The quantitative estimate of drug-likeness (QED) is 0.263. The summed E-state index contributed by atoms with van der Waals surface area (Å²) in [6.45, 7) is 9.23. The van der Waals surface area contributed by atoms with E-state index in [0.29, 0.717) is 23.7 Å². The molecule has 2 aliphatic heterocycles. The number of rotatable bonds is 8. The Bertz CT molecular complexity index is 1040. The number of hydrogen-bond donors (Lipinski definition) is 5. The van der Waals surface area contributed by atoms with E-state index >= 15 is 0 Å². The Balaban J connectivity index is 1.09. The fourth-order valence-corrected chi connectivity index (χ4v) is 10.9. The van der Waals surface area contributed by atoms with Crippen molar-refractivity contribution in [1.82, 2.24) is 0 Å². The lowest BCUT2D eigenvalue weighted by molar-refractivity contribution is -0.303. The van der Waals surface area contributed by atoms with Gasteiger partial charge in [-0.25, -0.2) is 0 Å². The van der Waals surface area contributed by atoms with Gasteiger partial charge in [-0.3, -0.25) is 0 Å². The molecule has 5 fully saturated rings. The van der Waals surface area contributed by atoms with Crippen LogP contribution in [0.5, 0.6) is 0 Å². The summed E-state index contributed by atoms with van der Waals surface area (Å²) in [4.78, 5) is 0. The number of aliphatic hydroxyl groups excluding tert-OH is 5. The van der Waals surface area contributed by atoms with Crippen molar-refractivity contribution < 1.29 is 44.5 Å². The lowest BCUT2D eigenvalue weighted by Gasteiger charge is -2.58. The fourth-order valence-electron chi connectivity index (χ4n) is 10.9. The van der Waals surface area contributed by atoms with Gasteiger partial charge in [0.15, 0.2) is 12.1 Å². The second kappa shape index (κ2) is 11.9. The molecule has 0 radical (unpaired) electrons. The van der Waals surface area contributed by atoms with Crippen LogP contribution in [0.15, 0.2) is 11.6 Å². The van der Waals surface area contributed by atoms with Crippen LogP contribution < -0.4 is 0 Å². The third-order valence-corrected chi connectivity index (χ3v) is 13.5. The minimum atomic E-state index is -1.44. The Hall–Kier alpha value is -0.620. The Labute approximate surface area is 256 Å². The van der Waals surface area contributed by atoms with E-state index in [9.17, 15) is 25.5 Å². The van der Waals surface area contributed by atoms with Gasteiger partial charge in [0.05, 0.1) is 25.4 Å². The summed E-state index contributed by atoms with van der Waals surface area (Å²) in [5.41, 5.74) is 1.97. The number of methoxy groups -OCH3 is 1. The van der Waals surface area contributed by atoms with Crippen LogP contribution in [0.1, 0.15) is 85.5 Å². The minimum Gasteiger partial charge on any atom is -0.394 e. The molecule has 0 spiro atoms. The summed E-state index contributed by atoms with van der Waals surface area (Å²) in [5, 5.41) is 50.2. The van der Waals surface area contributed by atoms with Crippen LogP contribution in [-0.4, -0.2) is 94.6 Å². The molecule has 0 amide bonds. The highest BCUT2D eigenvalue weighted by molar-refractivity contribution is 5.26. The predicted molar refractivity (Wildman–Crippen MR) is 158 cm³/mol. The molecule has 0 aromatic carbocycles. The van der Waals surface area contributed by atoms with Gasteiger partial charge in [-0.05, 0) is 91.8 Å². The van der Waals surface area contributed by atoms with E-state index in [-0.39, 0.29) is 41.5 Å². The first-order valence-electron chi connectivity index (χ1n) is 16.9. The average molecular weight is 609 g/mol. The Morgan fingerprint density at radius 3 is 2.53 bits per heavy atom. The van der Waals surface area contributed by atoms with Crippen LogP contribution in [0.4, 0.5) is 0 Å². The molecule has 0 unspecified atom stereocenters. The molecule has 0 aromatic heterocycles. The standard InChI is InChI=1S/C34H56O9/c1-18(17-41-31-30(39)29(38)28(37)26(16-35)42-31)8-13-34(40-5)19(2)27-25(43-34)15-24-22-7-6-20-14-21(36)9-11-32(20,3)23(22)10-12-33(24,27)4/h6,18-19,21-31,35-39H,7-17H2,1-5H3/t18-,19-,21+,22+,23-,24-,25-,26-,27-,28-,29+,30-,31-,32+,33+,34+/m0/s1. The van der Waals surface area contributed by atoms with Crippen LogP contribution in [0, 0.1) is 46.3 Å². The molecule has 6 rings (SSSR count). The molecular formula is C34H56O9. The van der Waals surface area contributed by atoms with E-state index in [2.05, 4.69) is 33.8 Å². The highest BCUT2D eigenvalue weighted by Crippen LogP contribution is 2.70. The van der Waals surface area contributed by atoms with Crippen molar-refractivity contribution in [2.24, 2.45) is 46.3 Å². The molecule has 246 valence electrons. The van der Waals surface area contributed by atoms with Crippen LogP contribution in [0.3, 0.4) is 0 Å². The van der Waals surface area contributed by atoms with Gasteiger partial charge in [-0.15, -0.1) is 0 Å². The first kappa shape index (κ1) is 32.3. The van der Waals surface area contributed by atoms with Gasteiger partial charge >= 0.3 is 0 Å². The van der Waals surface area contributed by atoms with E-state index < -0.39 is 43.1 Å². The van der Waals surface area contributed by atoms with Crippen molar-refractivity contribution in [3.63, 3.8) is 0 Å². The zero-order valence-corrected chi connectivity index (χ0v) is 26.7. The summed E-state index contributed by atoms with van der Waals surface area (Å²) in [7, 11) is 1.77. The van der Waals surface area contributed by atoms with E-state index in [1.54, 1.807) is 7.11 Å². The first-order chi connectivity index (χ1) is 20.4. The maximum Gasteiger partial charge on any atom is 0.186 e. The fraction of sp³-hybridized carbons (Fsp3) is 0.941. The van der Waals surface area contributed by atoms with Gasteiger partial charge in [0.25, 0.3) is 0 Å².